The predicted octanol–water partition coefficient (Wildman–Crippen LogP) is 3.48. The largest absolute Gasteiger partial charge is 0.354 e. The second-order valence-corrected chi connectivity index (χ2v) is 9.63. The van der Waals surface area contributed by atoms with Gasteiger partial charge in [0.2, 0.25) is 0 Å². The van der Waals surface area contributed by atoms with Crippen molar-refractivity contribution in [2.45, 2.75) is 19.5 Å². The van der Waals surface area contributed by atoms with Gasteiger partial charge in [-0.3, -0.25) is 9.52 Å². The minimum Gasteiger partial charge on any atom is -0.354 e. The number of aromatic nitrogens is 2. The van der Waals surface area contributed by atoms with E-state index in [-0.39, 0.29) is 41.5 Å². The van der Waals surface area contributed by atoms with Crippen molar-refractivity contribution < 1.29 is 17.2 Å². The van der Waals surface area contributed by atoms with E-state index in [0.29, 0.717) is 22.2 Å². The van der Waals surface area contributed by atoms with E-state index in [1.807, 2.05) is 0 Å². The molecule has 0 bridgehead atoms. The zero-order valence-electron chi connectivity index (χ0n) is 17.2. The fraction of sp³-hybridized carbons (Fsp3) is 0.300. The Kier molecular flexibility index (Phi) is 5.82. The van der Waals surface area contributed by atoms with Crippen LogP contribution in [0.3, 0.4) is 0 Å². The highest BCUT2D eigenvalue weighted by Crippen LogP contribution is 2.36. The molecule has 0 saturated carbocycles. The molecule has 4 rings (SSSR count). The van der Waals surface area contributed by atoms with Gasteiger partial charge in [0.1, 0.15) is 12.0 Å². The van der Waals surface area contributed by atoms with Gasteiger partial charge in [0.05, 0.1) is 33.6 Å². The van der Waals surface area contributed by atoms with Gasteiger partial charge in [0.15, 0.2) is 0 Å². The first-order valence-corrected chi connectivity index (χ1v) is 11.5. The lowest BCUT2D eigenvalue weighted by atomic mass is 10.1. The maximum absolute atomic E-state index is 14.3. The van der Waals surface area contributed by atoms with Crippen molar-refractivity contribution in [3.8, 4) is 0 Å². The molecule has 2 heterocycles. The summed E-state index contributed by atoms with van der Waals surface area (Å²) in [5.41, 5.74) is 1.22. The van der Waals surface area contributed by atoms with Crippen molar-refractivity contribution >= 4 is 49.8 Å². The van der Waals surface area contributed by atoms with Gasteiger partial charge < -0.3 is 9.88 Å². The molecule has 32 heavy (non-hydrogen) atoms. The minimum absolute atomic E-state index is 0.0216. The minimum atomic E-state index is -4.11. The average Bonchev–Trinajstić information content (AvgIpc) is 3.17. The average molecular weight is 484 g/mol. The number of fused-ring (bicyclic) bond motifs is 1. The Morgan fingerprint density at radius 1 is 1.22 bits per heavy atom. The summed E-state index contributed by atoms with van der Waals surface area (Å²) in [5.74, 6) is -0.740. The first-order valence-electron chi connectivity index (χ1n) is 9.70. The third-order valence-corrected chi connectivity index (χ3v) is 7.22. The molecule has 1 aromatic heterocycles. The number of nitrogens with zero attached hydrogens (tertiary/aromatic N) is 3. The number of hydrogen-bond acceptors (Lipinski definition) is 5. The topological polar surface area (TPSA) is 96.3 Å². The Balaban J connectivity index is 1.70. The molecule has 1 saturated heterocycles. The third-order valence-electron chi connectivity index (χ3n) is 5.33. The van der Waals surface area contributed by atoms with Crippen LogP contribution in [0.2, 0.25) is 5.02 Å². The van der Waals surface area contributed by atoms with Crippen LogP contribution >= 0.6 is 11.6 Å². The molecular weight excluding hydrogens is 464 g/mol. The van der Waals surface area contributed by atoms with Crippen LogP contribution in [0, 0.1) is 12.7 Å². The molecule has 2 N–H and O–H groups in total. The fourth-order valence-corrected chi connectivity index (χ4v) is 5.13. The molecule has 1 fully saturated rings. The SMILES string of the molecule is Cc1c(Nc2cc(F)cc(NS(=O)(=O)N3CCC(F)C3)c2Cl)ccc2ncn(C)c(=O)c12. The quantitative estimate of drug-likeness (QED) is 0.579. The van der Waals surface area contributed by atoms with Crippen LogP contribution in [0.25, 0.3) is 10.9 Å². The maximum atomic E-state index is 14.3. The highest BCUT2D eigenvalue weighted by molar-refractivity contribution is 7.90. The first-order chi connectivity index (χ1) is 15.1. The summed E-state index contributed by atoms with van der Waals surface area (Å²) >= 11 is 6.37. The summed E-state index contributed by atoms with van der Waals surface area (Å²) < 4.78 is 57.4. The van der Waals surface area contributed by atoms with Crippen LogP contribution < -0.4 is 15.6 Å². The van der Waals surface area contributed by atoms with Gasteiger partial charge in [-0.15, -0.1) is 0 Å². The van der Waals surface area contributed by atoms with Crippen LogP contribution in [0.1, 0.15) is 12.0 Å². The van der Waals surface area contributed by atoms with Crippen molar-refractivity contribution in [3.05, 3.63) is 57.3 Å². The van der Waals surface area contributed by atoms with Crippen LogP contribution in [0.4, 0.5) is 25.8 Å². The Bertz CT molecular complexity index is 1380. The smallest absolute Gasteiger partial charge is 0.301 e. The zero-order valence-corrected chi connectivity index (χ0v) is 18.8. The van der Waals surface area contributed by atoms with Gasteiger partial charge in [-0.2, -0.15) is 12.7 Å². The summed E-state index contributed by atoms with van der Waals surface area (Å²) in [4.78, 5) is 16.8. The normalized spacial score (nSPS) is 17.1. The predicted molar refractivity (Wildman–Crippen MR) is 120 cm³/mol. The molecule has 3 aromatic rings. The Hall–Kier alpha value is -2.76. The van der Waals surface area contributed by atoms with E-state index in [1.165, 1.54) is 10.9 Å². The third kappa shape index (κ3) is 4.15. The molecule has 12 heteroatoms. The van der Waals surface area contributed by atoms with Gasteiger partial charge >= 0.3 is 10.2 Å². The van der Waals surface area contributed by atoms with E-state index in [1.54, 1.807) is 26.1 Å². The van der Waals surface area contributed by atoms with E-state index in [2.05, 4.69) is 15.0 Å². The molecule has 1 unspecified atom stereocenters. The number of rotatable bonds is 5. The standard InChI is InChI=1S/C20H20ClF2N5O3S/c1-11-14(3-4-15-18(11)20(29)27(2)10-24-15)25-16-7-13(23)8-17(19(16)21)26-32(30,31)28-6-5-12(22)9-28/h3-4,7-8,10,12,25-26H,5-6,9H2,1-2H3. The van der Waals surface area contributed by atoms with Crippen molar-refractivity contribution in [3.63, 3.8) is 0 Å². The molecule has 170 valence electrons. The van der Waals surface area contributed by atoms with E-state index in [4.69, 9.17) is 11.6 Å². The Labute approximate surface area is 188 Å². The van der Waals surface area contributed by atoms with Crippen LogP contribution in [-0.4, -0.2) is 41.5 Å². The second kappa shape index (κ2) is 8.30. The second-order valence-electron chi connectivity index (χ2n) is 7.58. The summed E-state index contributed by atoms with van der Waals surface area (Å²) in [7, 11) is -2.53. The number of benzene rings is 2. The highest BCUT2D eigenvalue weighted by atomic mass is 35.5. The summed E-state index contributed by atoms with van der Waals surface area (Å²) in [6.07, 6.45) is 0.273. The summed E-state index contributed by atoms with van der Waals surface area (Å²) in [5, 5.41) is 3.28. The molecule has 0 aliphatic carbocycles. The molecule has 0 spiro atoms. The number of nitrogens with one attached hydrogen (secondary N) is 2. The van der Waals surface area contributed by atoms with Crippen molar-refractivity contribution in [2.24, 2.45) is 7.05 Å². The monoisotopic (exact) mass is 483 g/mol. The van der Waals surface area contributed by atoms with Crippen molar-refractivity contribution in [1.82, 2.24) is 13.9 Å². The number of hydrogen-bond donors (Lipinski definition) is 2. The van der Waals surface area contributed by atoms with Crippen molar-refractivity contribution in [1.29, 1.82) is 0 Å². The molecule has 1 aliphatic rings. The lowest BCUT2D eigenvalue weighted by Gasteiger charge is -2.19. The Morgan fingerprint density at radius 2 is 1.94 bits per heavy atom. The highest BCUT2D eigenvalue weighted by Gasteiger charge is 2.32. The van der Waals surface area contributed by atoms with Crippen LogP contribution in [0.5, 0.6) is 0 Å². The van der Waals surface area contributed by atoms with Crippen molar-refractivity contribution in [2.75, 3.05) is 23.1 Å². The van der Waals surface area contributed by atoms with E-state index in [0.717, 1.165) is 16.4 Å². The molecule has 0 amide bonds. The van der Waals surface area contributed by atoms with Gasteiger partial charge in [0, 0.05) is 25.8 Å². The van der Waals surface area contributed by atoms with Gasteiger partial charge in [-0.25, -0.2) is 13.8 Å². The van der Waals surface area contributed by atoms with Gasteiger partial charge in [-0.1, -0.05) is 11.6 Å². The molecule has 1 atom stereocenters. The lowest BCUT2D eigenvalue weighted by molar-refractivity contribution is 0.343. The summed E-state index contributed by atoms with van der Waals surface area (Å²) in [6, 6.07) is 5.37. The number of aryl methyl sites for hydroxylation is 2. The van der Waals surface area contributed by atoms with E-state index in [9.17, 15) is 22.0 Å². The first kappa shape index (κ1) is 22.4. The molecule has 0 radical (unpaired) electrons. The summed E-state index contributed by atoms with van der Waals surface area (Å²) in [6.45, 7) is 1.46. The fourth-order valence-electron chi connectivity index (χ4n) is 3.60. The lowest BCUT2D eigenvalue weighted by Crippen LogP contribution is -2.34. The number of alkyl halides is 1. The van der Waals surface area contributed by atoms with Crippen LogP contribution in [0.15, 0.2) is 35.4 Å². The van der Waals surface area contributed by atoms with E-state index < -0.39 is 22.2 Å². The molecular formula is C20H20ClF2N5O3S. The van der Waals surface area contributed by atoms with E-state index >= 15 is 0 Å². The van der Waals surface area contributed by atoms with Crippen LogP contribution in [-0.2, 0) is 17.3 Å². The zero-order chi connectivity index (χ0) is 23.2. The van der Waals surface area contributed by atoms with Gasteiger partial charge in [-0.05, 0) is 43.2 Å². The Morgan fingerprint density at radius 3 is 2.62 bits per heavy atom. The molecule has 2 aromatic carbocycles. The molecule has 1 aliphatic heterocycles. The molecule has 8 nitrogen and oxygen atoms in total. The maximum Gasteiger partial charge on any atom is 0.301 e. The number of halogens is 3. The number of anilines is 3. The van der Waals surface area contributed by atoms with Gasteiger partial charge in [0.25, 0.3) is 5.56 Å².